The summed E-state index contributed by atoms with van der Waals surface area (Å²) >= 11 is 0. The fourth-order valence-electron chi connectivity index (χ4n) is 1.75. The first kappa shape index (κ1) is 14.4. The van der Waals surface area contributed by atoms with Crippen LogP contribution >= 0.6 is 0 Å². The molecule has 0 unspecified atom stereocenters. The van der Waals surface area contributed by atoms with Gasteiger partial charge in [-0.3, -0.25) is 4.79 Å². The summed E-state index contributed by atoms with van der Waals surface area (Å²) in [7, 11) is 3.19. The van der Waals surface area contributed by atoms with Crippen LogP contribution in [-0.2, 0) is 9.53 Å². The normalized spacial score (nSPS) is 11.8. The number of hydrogen-bond acceptors (Lipinski definition) is 4. The van der Waals surface area contributed by atoms with Gasteiger partial charge in [-0.15, -0.1) is 0 Å². The van der Waals surface area contributed by atoms with Crippen LogP contribution in [0.4, 0.5) is 0 Å². The first-order valence-corrected chi connectivity index (χ1v) is 5.99. The standard InChI is InChI=1S/C14H20O4/c1-5-18-14(15)8-10(2)11-6-7-12(16-3)13(9-11)17-4/h6-7,9-10H,5,8H2,1-4H3/t10-/m0/s1. The van der Waals surface area contributed by atoms with Gasteiger partial charge in [0.05, 0.1) is 27.2 Å². The Bertz CT molecular complexity index is 401. The number of esters is 1. The molecule has 0 saturated carbocycles. The average molecular weight is 252 g/mol. The predicted molar refractivity (Wildman–Crippen MR) is 69.2 cm³/mol. The summed E-state index contributed by atoms with van der Waals surface area (Å²) in [5, 5.41) is 0. The van der Waals surface area contributed by atoms with Crippen molar-refractivity contribution >= 4 is 5.97 Å². The van der Waals surface area contributed by atoms with E-state index in [1.165, 1.54) is 0 Å². The van der Waals surface area contributed by atoms with Crippen molar-refractivity contribution in [2.45, 2.75) is 26.2 Å². The molecule has 0 spiro atoms. The van der Waals surface area contributed by atoms with Gasteiger partial charge in [-0.25, -0.2) is 0 Å². The highest BCUT2D eigenvalue weighted by Gasteiger charge is 2.14. The average Bonchev–Trinajstić information content (AvgIpc) is 2.38. The lowest BCUT2D eigenvalue weighted by Gasteiger charge is -2.14. The molecule has 0 aliphatic heterocycles. The van der Waals surface area contributed by atoms with Crippen molar-refractivity contribution in [3.8, 4) is 11.5 Å². The van der Waals surface area contributed by atoms with E-state index in [0.29, 0.717) is 24.5 Å². The van der Waals surface area contributed by atoms with E-state index in [1.54, 1.807) is 21.1 Å². The highest BCUT2D eigenvalue weighted by Crippen LogP contribution is 2.31. The molecule has 100 valence electrons. The minimum atomic E-state index is -0.181. The third-order valence-electron chi connectivity index (χ3n) is 2.75. The molecule has 0 bridgehead atoms. The first-order valence-electron chi connectivity index (χ1n) is 5.99. The SMILES string of the molecule is CCOC(=O)C[C@H](C)c1ccc(OC)c(OC)c1. The van der Waals surface area contributed by atoms with Gasteiger partial charge < -0.3 is 14.2 Å². The lowest BCUT2D eigenvalue weighted by atomic mass is 9.97. The lowest BCUT2D eigenvalue weighted by molar-refractivity contribution is -0.143. The number of carbonyl (C=O) groups is 1. The summed E-state index contributed by atoms with van der Waals surface area (Å²) < 4.78 is 15.4. The molecule has 1 aromatic rings. The van der Waals surface area contributed by atoms with Crippen LogP contribution in [0, 0.1) is 0 Å². The van der Waals surface area contributed by atoms with Crippen molar-refractivity contribution in [1.29, 1.82) is 0 Å². The van der Waals surface area contributed by atoms with E-state index >= 15 is 0 Å². The number of rotatable bonds is 6. The second kappa shape index (κ2) is 6.89. The number of methoxy groups -OCH3 is 2. The molecule has 0 aliphatic carbocycles. The van der Waals surface area contributed by atoms with E-state index in [9.17, 15) is 4.79 Å². The summed E-state index contributed by atoms with van der Waals surface area (Å²) in [5.74, 6) is 1.26. The van der Waals surface area contributed by atoms with Gasteiger partial charge in [0, 0.05) is 0 Å². The molecule has 0 N–H and O–H groups in total. The van der Waals surface area contributed by atoms with Gasteiger partial charge in [-0.2, -0.15) is 0 Å². The molecule has 0 fully saturated rings. The van der Waals surface area contributed by atoms with Crippen LogP contribution in [0.5, 0.6) is 11.5 Å². The smallest absolute Gasteiger partial charge is 0.306 e. The third kappa shape index (κ3) is 3.65. The van der Waals surface area contributed by atoms with Crippen LogP contribution < -0.4 is 9.47 Å². The van der Waals surface area contributed by atoms with Crippen LogP contribution in [0.1, 0.15) is 31.7 Å². The Labute approximate surface area is 108 Å². The zero-order valence-electron chi connectivity index (χ0n) is 11.4. The van der Waals surface area contributed by atoms with Crippen molar-refractivity contribution in [2.24, 2.45) is 0 Å². The van der Waals surface area contributed by atoms with Crippen LogP contribution in [0.2, 0.25) is 0 Å². The van der Waals surface area contributed by atoms with Gasteiger partial charge >= 0.3 is 5.97 Å². The Hall–Kier alpha value is -1.71. The second-order valence-corrected chi connectivity index (χ2v) is 4.02. The van der Waals surface area contributed by atoms with Gasteiger partial charge in [0.1, 0.15) is 0 Å². The number of carbonyl (C=O) groups excluding carboxylic acids is 1. The van der Waals surface area contributed by atoms with Crippen molar-refractivity contribution in [1.82, 2.24) is 0 Å². The summed E-state index contributed by atoms with van der Waals surface area (Å²) in [6.45, 7) is 4.20. The van der Waals surface area contributed by atoms with E-state index in [1.807, 2.05) is 25.1 Å². The van der Waals surface area contributed by atoms with E-state index in [0.717, 1.165) is 5.56 Å². The van der Waals surface area contributed by atoms with Gasteiger partial charge in [0.25, 0.3) is 0 Å². The molecule has 0 saturated heterocycles. The Balaban J connectivity index is 2.79. The van der Waals surface area contributed by atoms with Crippen LogP contribution in [-0.4, -0.2) is 26.8 Å². The van der Waals surface area contributed by atoms with Crippen molar-refractivity contribution in [3.63, 3.8) is 0 Å². The molecule has 18 heavy (non-hydrogen) atoms. The molecule has 0 amide bonds. The maximum atomic E-state index is 11.4. The van der Waals surface area contributed by atoms with Gasteiger partial charge in [-0.05, 0) is 30.5 Å². The summed E-state index contributed by atoms with van der Waals surface area (Å²) in [6.07, 6.45) is 0.364. The molecule has 0 radical (unpaired) electrons. The number of ether oxygens (including phenoxy) is 3. The van der Waals surface area contributed by atoms with Crippen molar-refractivity contribution < 1.29 is 19.0 Å². The molecule has 4 heteroatoms. The van der Waals surface area contributed by atoms with Gasteiger partial charge in [-0.1, -0.05) is 13.0 Å². The van der Waals surface area contributed by atoms with Crippen molar-refractivity contribution in [3.05, 3.63) is 23.8 Å². The zero-order valence-corrected chi connectivity index (χ0v) is 11.4. The fraction of sp³-hybridized carbons (Fsp3) is 0.500. The quantitative estimate of drug-likeness (QED) is 0.730. The molecule has 1 aromatic carbocycles. The summed E-state index contributed by atoms with van der Waals surface area (Å²) in [6, 6.07) is 5.67. The molecule has 1 atom stereocenters. The molecular formula is C14H20O4. The topological polar surface area (TPSA) is 44.8 Å². The first-order chi connectivity index (χ1) is 8.62. The van der Waals surface area contributed by atoms with Crippen LogP contribution in [0.15, 0.2) is 18.2 Å². The molecule has 1 rings (SSSR count). The predicted octanol–water partition coefficient (Wildman–Crippen LogP) is 2.76. The van der Waals surface area contributed by atoms with E-state index in [-0.39, 0.29) is 11.9 Å². The second-order valence-electron chi connectivity index (χ2n) is 4.02. The fourth-order valence-corrected chi connectivity index (χ4v) is 1.75. The van der Waals surface area contributed by atoms with Crippen molar-refractivity contribution in [2.75, 3.05) is 20.8 Å². The Morgan fingerprint density at radius 2 is 1.89 bits per heavy atom. The number of benzene rings is 1. The highest BCUT2D eigenvalue weighted by molar-refractivity contribution is 5.70. The maximum absolute atomic E-state index is 11.4. The van der Waals surface area contributed by atoms with Crippen LogP contribution in [0.3, 0.4) is 0 Å². The Morgan fingerprint density at radius 1 is 1.22 bits per heavy atom. The monoisotopic (exact) mass is 252 g/mol. The third-order valence-corrected chi connectivity index (χ3v) is 2.75. The van der Waals surface area contributed by atoms with E-state index in [4.69, 9.17) is 14.2 Å². The van der Waals surface area contributed by atoms with E-state index < -0.39 is 0 Å². The molecule has 4 nitrogen and oxygen atoms in total. The maximum Gasteiger partial charge on any atom is 0.306 e. The summed E-state index contributed by atoms with van der Waals surface area (Å²) in [5.41, 5.74) is 1.03. The van der Waals surface area contributed by atoms with E-state index in [2.05, 4.69) is 0 Å². The molecular weight excluding hydrogens is 232 g/mol. The highest BCUT2D eigenvalue weighted by atomic mass is 16.5. The largest absolute Gasteiger partial charge is 0.493 e. The van der Waals surface area contributed by atoms with Crippen LogP contribution in [0.25, 0.3) is 0 Å². The molecule has 0 heterocycles. The minimum absolute atomic E-state index is 0.0869. The summed E-state index contributed by atoms with van der Waals surface area (Å²) in [4.78, 5) is 11.4. The Kier molecular flexibility index (Phi) is 5.49. The molecule has 0 aromatic heterocycles. The Morgan fingerprint density at radius 3 is 2.44 bits per heavy atom. The zero-order chi connectivity index (χ0) is 13.5. The lowest BCUT2D eigenvalue weighted by Crippen LogP contribution is -2.08. The molecule has 0 aliphatic rings. The number of hydrogen-bond donors (Lipinski definition) is 0. The minimum Gasteiger partial charge on any atom is -0.493 e. The van der Waals surface area contributed by atoms with Gasteiger partial charge in [0.15, 0.2) is 11.5 Å². The van der Waals surface area contributed by atoms with Gasteiger partial charge in [0.2, 0.25) is 0 Å².